The third-order valence-corrected chi connectivity index (χ3v) is 4.71. The summed E-state index contributed by atoms with van der Waals surface area (Å²) in [5.74, 6) is 0.887. The molecular weight excluding hydrogens is 278 g/mol. The van der Waals surface area contributed by atoms with Crippen molar-refractivity contribution in [3.05, 3.63) is 18.0 Å². The van der Waals surface area contributed by atoms with Crippen LogP contribution in [0.15, 0.2) is 12.4 Å². The molecule has 0 unspecified atom stereocenters. The Hall–Kier alpha value is -0.640. The van der Waals surface area contributed by atoms with E-state index < -0.39 is 0 Å². The van der Waals surface area contributed by atoms with E-state index in [1.54, 1.807) is 0 Å². The minimum atomic E-state index is 0.484. The number of nitrogens with zero attached hydrogens (tertiary/aromatic N) is 3. The topological polar surface area (TPSA) is 29.0 Å². The van der Waals surface area contributed by atoms with Crippen LogP contribution in [-0.2, 0) is 5.33 Å². The smallest absolute Gasteiger partial charge is 0.225 e. The zero-order chi connectivity index (χ0) is 12.3. The van der Waals surface area contributed by atoms with E-state index in [1.165, 1.54) is 19.3 Å². The molecule has 0 aliphatic carbocycles. The van der Waals surface area contributed by atoms with Gasteiger partial charge in [0.25, 0.3) is 0 Å². The second-order valence-corrected chi connectivity index (χ2v) is 5.46. The summed E-state index contributed by atoms with van der Waals surface area (Å²) in [5.41, 5.74) is 1.61. The van der Waals surface area contributed by atoms with Crippen molar-refractivity contribution >= 4 is 21.9 Å². The van der Waals surface area contributed by atoms with Crippen molar-refractivity contribution in [3.63, 3.8) is 0 Å². The first-order valence-electron chi connectivity index (χ1n) is 6.35. The predicted octanol–water partition coefficient (Wildman–Crippen LogP) is 3.39. The Morgan fingerprint density at radius 1 is 1.29 bits per heavy atom. The van der Waals surface area contributed by atoms with E-state index in [9.17, 15) is 0 Å². The molecule has 0 atom stereocenters. The Morgan fingerprint density at radius 2 is 1.94 bits per heavy atom. The molecule has 2 heterocycles. The fraction of sp³-hybridized carbons (Fsp3) is 0.692. The minimum absolute atomic E-state index is 0.484. The van der Waals surface area contributed by atoms with Crippen LogP contribution >= 0.6 is 15.9 Å². The van der Waals surface area contributed by atoms with Gasteiger partial charge in [0, 0.05) is 30.8 Å². The summed E-state index contributed by atoms with van der Waals surface area (Å²) in [6.45, 7) is 6.78. The number of aromatic nitrogens is 2. The molecule has 0 radical (unpaired) electrons. The molecule has 1 aromatic heterocycles. The summed E-state index contributed by atoms with van der Waals surface area (Å²) < 4.78 is 0. The fourth-order valence-corrected chi connectivity index (χ4v) is 2.80. The lowest BCUT2D eigenvalue weighted by atomic mass is 9.82. The highest BCUT2D eigenvalue weighted by molar-refractivity contribution is 9.08. The first kappa shape index (κ1) is 12.8. The van der Waals surface area contributed by atoms with Crippen LogP contribution in [0.5, 0.6) is 0 Å². The van der Waals surface area contributed by atoms with Crippen LogP contribution in [0.4, 0.5) is 5.95 Å². The van der Waals surface area contributed by atoms with Gasteiger partial charge >= 0.3 is 0 Å². The highest BCUT2D eigenvalue weighted by atomic mass is 79.9. The summed E-state index contributed by atoms with van der Waals surface area (Å²) in [6, 6.07) is 0. The Labute approximate surface area is 112 Å². The van der Waals surface area contributed by atoms with E-state index in [0.29, 0.717) is 5.41 Å². The fourth-order valence-electron chi connectivity index (χ4n) is 2.51. The van der Waals surface area contributed by atoms with Gasteiger partial charge in [0.05, 0.1) is 0 Å². The van der Waals surface area contributed by atoms with Crippen molar-refractivity contribution in [2.45, 2.75) is 38.4 Å². The summed E-state index contributed by atoms with van der Waals surface area (Å²) in [5, 5.41) is 0.821. The van der Waals surface area contributed by atoms with Crippen molar-refractivity contribution in [1.82, 2.24) is 9.97 Å². The van der Waals surface area contributed by atoms with Crippen LogP contribution in [0.25, 0.3) is 0 Å². The molecule has 0 saturated carbocycles. The van der Waals surface area contributed by atoms with Crippen molar-refractivity contribution < 1.29 is 0 Å². The molecule has 4 heteroatoms. The van der Waals surface area contributed by atoms with Crippen LogP contribution in [0.2, 0.25) is 0 Å². The SMILES string of the molecule is CCC1(CC)CCN(c2ncc(CBr)cn2)C1. The molecular formula is C13H20BrN3. The Morgan fingerprint density at radius 3 is 2.41 bits per heavy atom. The quantitative estimate of drug-likeness (QED) is 0.798. The van der Waals surface area contributed by atoms with E-state index in [0.717, 1.165) is 29.9 Å². The van der Waals surface area contributed by atoms with Crippen LogP contribution in [0, 0.1) is 5.41 Å². The van der Waals surface area contributed by atoms with Gasteiger partial charge in [-0.05, 0) is 30.2 Å². The number of hydrogen-bond acceptors (Lipinski definition) is 3. The maximum atomic E-state index is 4.45. The maximum Gasteiger partial charge on any atom is 0.225 e. The molecule has 2 rings (SSSR count). The lowest BCUT2D eigenvalue weighted by Gasteiger charge is -2.26. The van der Waals surface area contributed by atoms with Gasteiger partial charge in [-0.25, -0.2) is 9.97 Å². The van der Waals surface area contributed by atoms with Gasteiger partial charge < -0.3 is 4.90 Å². The minimum Gasteiger partial charge on any atom is -0.340 e. The molecule has 17 heavy (non-hydrogen) atoms. The van der Waals surface area contributed by atoms with Crippen LogP contribution in [0.3, 0.4) is 0 Å². The van der Waals surface area contributed by atoms with Crippen LogP contribution in [0.1, 0.15) is 38.7 Å². The third kappa shape index (κ3) is 2.62. The third-order valence-electron chi connectivity index (χ3n) is 4.07. The van der Waals surface area contributed by atoms with E-state index in [4.69, 9.17) is 0 Å². The normalized spacial score (nSPS) is 18.6. The van der Waals surface area contributed by atoms with Crippen molar-refractivity contribution in [3.8, 4) is 0 Å². The second kappa shape index (κ2) is 5.34. The average Bonchev–Trinajstić information content (AvgIpc) is 2.84. The van der Waals surface area contributed by atoms with E-state index in [1.807, 2.05) is 12.4 Å². The van der Waals surface area contributed by atoms with Gasteiger partial charge in [0.1, 0.15) is 0 Å². The zero-order valence-electron chi connectivity index (χ0n) is 10.6. The van der Waals surface area contributed by atoms with E-state index in [-0.39, 0.29) is 0 Å². The van der Waals surface area contributed by atoms with Gasteiger partial charge in [-0.1, -0.05) is 29.8 Å². The molecule has 1 aliphatic heterocycles. The standard InChI is InChI=1S/C13H20BrN3/c1-3-13(4-2)5-6-17(10-13)12-15-8-11(7-14)9-16-12/h8-9H,3-7,10H2,1-2H3. The van der Waals surface area contributed by atoms with Gasteiger partial charge in [0.2, 0.25) is 5.95 Å². The van der Waals surface area contributed by atoms with Crippen LogP contribution < -0.4 is 4.90 Å². The van der Waals surface area contributed by atoms with Crippen LogP contribution in [-0.4, -0.2) is 23.1 Å². The number of alkyl halides is 1. The highest BCUT2D eigenvalue weighted by Crippen LogP contribution is 2.37. The highest BCUT2D eigenvalue weighted by Gasteiger charge is 2.35. The molecule has 0 spiro atoms. The molecule has 0 bridgehead atoms. The molecule has 3 nitrogen and oxygen atoms in total. The summed E-state index contributed by atoms with van der Waals surface area (Å²) >= 11 is 3.41. The molecule has 1 aliphatic rings. The van der Waals surface area contributed by atoms with Gasteiger partial charge in [-0.15, -0.1) is 0 Å². The summed E-state index contributed by atoms with van der Waals surface area (Å²) in [7, 11) is 0. The second-order valence-electron chi connectivity index (χ2n) is 4.90. The Kier molecular flexibility index (Phi) is 4.02. The van der Waals surface area contributed by atoms with Gasteiger partial charge in [-0.2, -0.15) is 0 Å². The first-order valence-corrected chi connectivity index (χ1v) is 7.47. The van der Waals surface area contributed by atoms with Gasteiger partial charge in [0.15, 0.2) is 0 Å². The first-order chi connectivity index (χ1) is 8.23. The van der Waals surface area contributed by atoms with Crippen molar-refractivity contribution in [2.24, 2.45) is 5.41 Å². The number of anilines is 1. The monoisotopic (exact) mass is 297 g/mol. The maximum absolute atomic E-state index is 4.45. The predicted molar refractivity (Wildman–Crippen MR) is 74.5 cm³/mol. The Bertz CT molecular complexity index is 359. The molecule has 0 aromatic carbocycles. The molecule has 1 aromatic rings. The summed E-state index contributed by atoms with van der Waals surface area (Å²) in [4.78, 5) is 11.2. The van der Waals surface area contributed by atoms with E-state index in [2.05, 4.69) is 44.6 Å². The van der Waals surface area contributed by atoms with E-state index >= 15 is 0 Å². The van der Waals surface area contributed by atoms with Crippen molar-refractivity contribution in [1.29, 1.82) is 0 Å². The molecule has 1 saturated heterocycles. The lowest BCUT2D eigenvalue weighted by molar-refractivity contribution is 0.301. The molecule has 94 valence electrons. The van der Waals surface area contributed by atoms with Crippen molar-refractivity contribution in [2.75, 3.05) is 18.0 Å². The summed E-state index contributed by atoms with van der Waals surface area (Å²) in [6.07, 6.45) is 7.59. The molecule has 0 amide bonds. The number of rotatable bonds is 4. The number of halogens is 1. The largest absolute Gasteiger partial charge is 0.340 e. The zero-order valence-corrected chi connectivity index (χ0v) is 12.2. The molecule has 0 N–H and O–H groups in total. The number of hydrogen-bond donors (Lipinski definition) is 0. The average molecular weight is 298 g/mol. The Balaban J connectivity index is 2.09. The van der Waals surface area contributed by atoms with Gasteiger partial charge in [-0.3, -0.25) is 0 Å². The molecule has 1 fully saturated rings. The lowest BCUT2D eigenvalue weighted by Crippen LogP contribution is -2.27.